The molecule has 0 saturated heterocycles. The quantitative estimate of drug-likeness (QED) is 0.710. The van der Waals surface area contributed by atoms with E-state index in [2.05, 4.69) is 5.32 Å². The molecular formula is C18H21NO6. The number of carboxylic acid groups (broad SMARTS) is 1. The number of furan rings is 1. The lowest BCUT2D eigenvalue weighted by Crippen LogP contribution is -2.27. The second kappa shape index (κ2) is 7.40. The highest BCUT2D eigenvalue weighted by Gasteiger charge is 2.20. The Morgan fingerprint density at radius 2 is 1.88 bits per heavy atom. The fourth-order valence-corrected chi connectivity index (χ4v) is 2.07. The minimum absolute atomic E-state index is 0.0111. The molecule has 0 radical (unpaired) electrons. The molecule has 7 heteroatoms. The van der Waals surface area contributed by atoms with E-state index >= 15 is 0 Å². The van der Waals surface area contributed by atoms with Gasteiger partial charge in [-0.05, 0) is 38.1 Å². The standard InChI is InChI=1S/C18H21NO6/c1-4-14-13(17(21)22)9-15(25-14)16(20)19-11-5-7-12(8-6-11)24-10-18(2,3)23/h5-9,23H,4,10H2,1-3H3,(H,19,20)(H,21,22). The van der Waals surface area contributed by atoms with Crippen LogP contribution in [0.15, 0.2) is 34.7 Å². The maximum atomic E-state index is 12.2. The number of amides is 1. The van der Waals surface area contributed by atoms with E-state index in [9.17, 15) is 14.7 Å². The maximum absolute atomic E-state index is 12.2. The van der Waals surface area contributed by atoms with Crippen LogP contribution < -0.4 is 10.1 Å². The Labute approximate surface area is 145 Å². The smallest absolute Gasteiger partial charge is 0.339 e. The molecule has 2 aromatic rings. The van der Waals surface area contributed by atoms with Gasteiger partial charge in [0.25, 0.3) is 5.91 Å². The van der Waals surface area contributed by atoms with Crippen molar-refractivity contribution in [2.75, 3.05) is 11.9 Å². The number of hydrogen-bond donors (Lipinski definition) is 3. The van der Waals surface area contributed by atoms with Crippen LogP contribution in [0.25, 0.3) is 0 Å². The number of nitrogens with one attached hydrogen (secondary N) is 1. The molecule has 0 aliphatic rings. The SMILES string of the molecule is CCc1oc(C(=O)Nc2ccc(OCC(C)(C)O)cc2)cc1C(=O)O. The van der Waals surface area contributed by atoms with E-state index in [1.807, 2.05) is 0 Å². The lowest BCUT2D eigenvalue weighted by molar-refractivity contribution is 0.0285. The van der Waals surface area contributed by atoms with Gasteiger partial charge >= 0.3 is 5.97 Å². The van der Waals surface area contributed by atoms with Crippen LogP contribution in [-0.4, -0.2) is 34.3 Å². The number of aryl methyl sites for hydroxylation is 1. The van der Waals surface area contributed by atoms with Gasteiger partial charge in [-0.25, -0.2) is 4.79 Å². The number of carbonyl (C=O) groups is 2. The van der Waals surface area contributed by atoms with E-state index in [1.54, 1.807) is 45.0 Å². The van der Waals surface area contributed by atoms with Crippen molar-refractivity contribution >= 4 is 17.6 Å². The summed E-state index contributed by atoms with van der Waals surface area (Å²) in [5.74, 6) is -0.913. The maximum Gasteiger partial charge on any atom is 0.339 e. The van der Waals surface area contributed by atoms with Crippen molar-refractivity contribution in [3.8, 4) is 5.75 Å². The van der Waals surface area contributed by atoms with E-state index in [1.165, 1.54) is 6.07 Å². The zero-order valence-corrected chi connectivity index (χ0v) is 14.3. The zero-order chi connectivity index (χ0) is 18.6. The summed E-state index contributed by atoms with van der Waals surface area (Å²) in [6, 6.07) is 7.81. The summed E-state index contributed by atoms with van der Waals surface area (Å²) >= 11 is 0. The zero-order valence-electron chi connectivity index (χ0n) is 14.3. The van der Waals surface area contributed by atoms with Crippen LogP contribution in [-0.2, 0) is 6.42 Å². The van der Waals surface area contributed by atoms with E-state index in [-0.39, 0.29) is 23.7 Å². The second-order valence-electron chi connectivity index (χ2n) is 6.19. The highest BCUT2D eigenvalue weighted by Crippen LogP contribution is 2.20. The van der Waals surface area contributed by atoms with Gasteiger partial charge in [-0.3, -0.25) is 4.79 Å². The van der Waals surface area contributed by atoms with Crippen molar-refractivity contribution in [2.24, 2.45) is 0 Å². The molecule has 0 aliphatic carbocycles. The molecule has 0 saturated carbocycles. The Bertz CT molecular complexity index is 755. The number of benzene rings is 1. The first-order valence-corrected chi connectivity index (χ1v) is 7.82. The summed E-state index contributed by atoms with van der Waals surface area (Å²) in [6.07, 6.45) is 0.377. The predicted octanol–water partition coefficient (Wildman–Crippen LogP) is 2.94. The minimum Gasteiger partial charge on any atom is -0.491 e. The van der Waals surface area contributed by atoms with Crippen molar-refractivity contribution in [1.82, 2.24) is 0 Å². The van der Waals surface area contributed by atoms with Crippen molar-refractivity contribution < 1.29 is 29.0 Å². The number of hydrogen-bond acceptors (Lipinski definition) is 5. The first-order valence-electron chi connectivity index (χ1n) is 7.82. The second-order valence-corrected chi connectivity index (χ2v) is 6.19. The average Bonchev–Trinajstić information content (AvgIpc) is 2.98. The fourth-order valence-electron chi connectivity index (χ4n) is 2.07. The molecule has 1 heterocycles. The molecule has 2 rings (SSSR count). The summed E-state index contributed by atoms with van der Waals surface area (Å²) < 4.78 is 10.7. The number of carboxylic acids is 1. The molecule has 0 unspecified atom stereocenters. The molecule has 1 aromatic carbocycles. The van der Waals surface area contributed by atoms with Crippen LogP contribution in [0.3, 0.4) is 0 Å². The van der Waals surface area contributed by atoms with Gasteiger partial charge in [-0.1, -0.05) is 6.92 Å². The van der Waals surface area contributed by atoms with E-state index in [0.717, 1.165) is 0 Å². The van der Waals surface area contributed by atoms with E-state index in [4.69, 9.17) is 14.3 Å². The molecule has 1 amide bonds. The molecule has 0 aliphatic heterocycles. The Balaban J connectivity index is 2.04. The predicted molar refractivity (Wildman–Crippen MR) is 91.2 cm³/mol. The first kappa shape index (κ1) is 18.5. The molecule has 0 spiro atoms. The third kappa shape index (κ3) is 5.09. The van der Waals surface area contributed by atoms with Gasteiger partial charge in [0.05, 0.1) is 5.60 Å². The van der Waals surface area contributed by atoms with Crippen LogP contribution in [0.5, 0.6) is 5.75 Å². The average molecular weight is 347 g/mol. The van der Waals surface area contributed by atoms with Crippen LogP contribution in [0.1, 0.15) is 47.4 Å². The van der Waals surface area contributed by atoms with Crippen LogP contribution in [0.2, 0.25) is 0 Å². The summed E-state index contributed by atoms with van der Waals surface area (Å²) in [5.41, 5.74) is -0.444. The number of aromatic carboxylic acids is 1. The van der Waals surface area contributed by atoms with Crippen molar-refractivity contribution in [2.45, 2.75) is 32.8 Å². The number of aliphatic hydroxyl groups is 1. The molecule has 0 atom stereocenters. The third-order valence-corrected chi connectivity index (χ3v) is 3.29. The molecule has 25 heavy (non-hydrogen) atoms. The monoisotopic (exact) mass is 347 g/mol. The molecular weight excluding hydrogens is 326 g/mol. The summed E-state index contributed by atoms with van der Waals surface area (Å²) in [4.78, 5) is 23.3. The van der Waals surface area contributed by atoms with Crippen molar-refractivity contribution in [1.29, 1.82) is 0 Å². The van der Waals surface area contributed by atoms with E-state index < -0.39 is 17.5 Å². The highest BCUT2D eigenvalue weighted by molar-refractivity contribution is 6.04. The van der Waals surface area contributed by atoms with Gasteiger partial charge in [0.1, 0.15) is 23.7 Å². The Morgan fingerprint density at radius 1 is 1.24 bits per heavy atom. The largest absolute Gasteiger partial charge is 0.491 e. The summed E-state index contributed by atoms with van der Waals surface area (Å²) in [7, 11) is 0. The number of ether oxygens (including phenoxy) is 1. The van der Waals surface area contributed by atoms with Gasteiger partial charge in [0.15, 0.2) is 5.76 Å². The number of carbonyl (C=O) groups excluding carboxylic acids is 1. The lowest BCUT2D eigenvalue weighted by Gasteiger charge is -2.17. The van der Waals surface area contributed by atoms with Gasteiger partial charge in [-0.15, -0.1) is 0 Å². The summed E-state index contributed by atoms with van der Waals surface area (Å²) in [6.45, 7) is 5.17. The minimum atomic E-state index is -1.13. The normalized spacial score (nSPS) is 11.2. The fraction of sp³-hybridized carbons (Fsp3) is 0.333. The molecule has 0 bridgehead atoms. The van der Waals surface area contributed by atoms with Crippen molar-refractivity contribution in [3.05, 3.63) is 47.4 Å². The van der Waals surface area contributed by atoms with Gasteiger partial charge in [0, 0.05) is 18.2 Å². The van der Waals surface area contributed by atoms with Crippen LogP contribution in [0.4, 0.5) is 5.69 Å². The molecule has 3 N–H and O–H groups in total. The van der Waals surface area contributed by atoms with E-state index in [0.29, 0.717) is 17.9 Å². The molecule has 0 fully saturated rings. The topological polar surface area (TPSA) is 109 Å². The Morgan fingerprint density at radius 3 is 2.36 bits per heavy atom. The summed E-state index contributed by atoms with van der Waals surface area (Å²) in [5, 5.41) is 21.4. The Hall–Kier alpha value is -2.80. The van der Waals surface area contributed by atoms with Gasteiger partial charge < -0.3 is 24.7 Å². The number of rotatable bonds is 7. The van der Waals surface area contributed by atoms with Crippen LogP contribution in [0, 0.1) is 0 Å². The molecule has 7 nitrogen and oxygen atoms in total. The molecule has 134 valence electrons. The van der Waals surface area contributed by atoms with Crippen LogP contribution >= 0.6 is 0 Å². The lowest BCUT2D eigenvalue weighted by atomic mass is 10.2. The number of anilines is 1. The Kier molecular flexibility index (Phi) is 5.48. The van der Waals surface area contributed by atoms with Gasteiger partial charge in [-0.2, -0.15) is 0 Å². The van der Waals surface area contributed by atoms with Gasteiger partial charge in [0.2, 0.25) is 0 Å². The highest BCUT2D eigenvalue weighted by atomic mass is 16.5. The third-order valence-electron chi connectivity index (χ3n) is 3.29. The van der Waals surface area contributed by atoms with Crippen molar-refractivity contribution in [3.63, 3.8) is 0 Å². The first-order chi connectivity index (χ1) is 11.7. The molecule has 1 aromatic heterocycles.